The highest BCUT2D eigenvalue weighted by Gasteiger charge is 2.27. The molecule has 0 spiro atoms. The summed E-state index contributed by atoms with van der Waals surface area (Å²) in [6, 6.07) is 16.3. The van der Waals surface area contributed by atoms with Gasteiger partial charge in [0, 0.05) is 36.0 Å². The topological polar surface area (TPSA) is 49.4 Å². The standard InChI is InChI=1S/C22H24F2N2O2S/c23-22(24)29-19-9-7-18(8-10-19)25-21(28)17-12-14-26(15-13-17)20(27)11-6-16-4-2-1-3-5-16/h1-5,7-10,17,22H,6,11-15H2,(H,25,28). The number of alkyl halides is 2. The van der Waals surface area contributed by atoms with Crippen molar-refractivity contribution in [2.75, 3.05) is 18.4 Å². The van der Waals surface area contributed by atoms with Gasteiger partial charge in [-0.15, -0.1) is 0 Å². The van der Waals surface area contributed by atoms with Crippen LogP contribution >= 0.6 is 11.8 Å². The number of hydrogen-bond donors (Lipinski definition) is 1. The van der Waals surface area contributed by atoms with E-state index in [-0.39, 0.29) is 17.7 Å². The first-order valence-electron chi connectivity index (χ1n) is 9.68. The number of hydrogen-bond acceptors (Lipinski definition) is 3. The van der Waals surface area contributed by atoms with E-state index in [0.717, 1.165) is 12.0 Å². The van der Waals surface area contributed by atoms with Crippen LogP contribution in [0.25, 0.3) is 0 Å². The van der Waals surface area contributed by atoms with Crippen molar-refractivity contribution in [1.29, 1.82) is 0 Å². The fraction of sp³-hybridized carbons (Fsp3) is 0.364. The molecular formula is C22H24F2N2O2S. The number of nitrogens with zero attached hydrogens (tertiary/aromatic N) is 1. The van der Waals surface area contributed by atoms with Crippen molar-refractivity contribution >= 4 is 29.3 Å². The molecule has 0 aromatic heterocycles. The van der Waals surface area contributed by atoms with E-state index in [9.17, 15) is 18.4 Å². The number of aryl methyl sites for hydroxylation is 1. The molecule has 1 saturated heterocycles. The molecule has 3 rings (SSSR count). The summed E-state index contributed by atoms with van der Waals surface area (Å²) in [5, 5.41) is 2.84. The smallest absolute Gasteiger partial charge is 0.288 e. The Morgan fingerprint density at radius 3 is 2.31 bits per heavy atom. The molecule has 1 heterocycles. The molecule has 0 aliphatic carbocycles. The maximum absolute atomic E-state index is 12.5. The predicted octanol–water partition coefficient (Wildman–Crippen LogP) is 4.81. The van der Waals surface area contributed by atoms with Gasteiger partial charge in [0.1, 0.15) is 0 Å². The Morgan fingerprint density at radius 1 is 1.03 bits per heavy atom. The lowest BCUT2D eigenvalue weighted by Gasteiger charge is -2.31. The van der Waals surface area contributed by atoms with Crippen molar-refractivity contribution in [2.45, 2.75) is 36.3 Å². The van der Waals surface area contributed by atoms with Crippen molar-refractivity contribution in [3.05, 3.63) is 60.2 Å². The Kier molecular flexibility index (Phi) is 7.63. The van der Waals surface area contributed by atoms with Gasteiger partial charge in [-0.2, -0.15) is 8.78 Å². The van der Waals surface area contributed by atoms with Crippen molar-refractivity contribution in [1.82, 2.24) is 4.90 Å². The third-order valence-corrected chi connectivity index (χ3v) is 5.76. The number of nitrogens with one attached hydrogen (secondary N) is 1. The van der Waals surface area contributed by atoms with E-state index in [2.05, 4.69) is 5.32 Å². The number of rotatable bonds is 7. The zero-order chi connectivity index (χ0) is 20.6. The molecule has 2 aromatic carbocycles. The van der Waals surface area contributed by atoms with Gasteiger partial charge in [0.2, 0.25) is 11.8 Å². The molecule has 1 N–H and O–H groups in total. The normalized spacial score (nSPS) is 14.8. The van der Waals surface area contributed by atoms with Crippen LogP contribution in [0, 0.1) is 5.92 Å². The lowest BCUT2D eigenvalue weighted by Crippen LogP contribution is -2.41. The highest BCUT2D eigenvalue weighted by atomic mass is 32.2. The molecule has 1 aliphatic rings. The van der Waals surface area contributed by atoms with Crippen LogP contribution in [0.4, 0.5) is 14.5 Å². The highest BCUT2D eigenvalue weighted by Crippen LogP contribution is 2.27. The summed E-state index contributed by atoms with van der Waals surface area (Å²) >= 11 is 0.476. The molecular weight excluding hydrogens is 394 g/mol. The second-order valence-electron chi connectivity index (χ2n) is 7.03. The van der Waals surface area contributed by atoms with E-state index >= 15 is 0 Å². The monoisotopic (exact) mass is 418 g/mol. The maximum Gasteiger partial charge on any atom is 0.288 e. The first-order chi connectivity index (χ1) is 14.0. The minimum atomic E-state index is -2.46. The van der Waals surface area contributed by atoms with Crippen LogP contribution in [0.15, 0.2) is 59.5 Å². The fourth-order valence-electron chi connectivity index (χ4n) is 3.41. The Morgan fingerprint density at radius 2 is 1.69 bits per heavy atom. The minimum Gasteiger partial charge on any atom is -0.343 e. The van der Waals surface area contributed by atoms with Crippen LogP contribution in [0.1, 0.15) is 24.8 Å². The number of carbonyl (C=O) groups is 2. The van der Waals surface area contributed by atoms with Gasteiger partial charge in [-0.1, -0.05) is 42.1 Å². The van der Waals surface area contributed by atoms with Gasteiger partial charge in [-0.25, -0.2) is 0 Å². The van der Waals surface area contributed by atoms with Gasteiger partial charge in [-0.05, 0) is 49.1 Å². The molecule has 7 heteroatoms. The van der Waals surface area contributed by atoms with Crippen molar-refractivity contribution in [3.63, 3.8) is 0 Å². The lowest BCUT2D eigenvalue weighted by molar-refractivity contribution is -0.134. The zero-order valence-corrected chi connectivity index (χ0v) is 16.8. The Hall–Kier alpha value is -2.41. The predicted molar refractivity (Wildman–Crippen MR) is 111 cm³/mol. The molecule has 2 amide bonds. The summed E-state index contributed by atoms with van der Waals surface area (Å²) in [4.78, 5) is 27.2. The van der Waals surface area contributed by atoms with Crippen molar-refractivity contribution < 1.29 is 18.4 Å². The third-order valence-electron chi connectivity index (χ3n) is 5.04. The van der Waals surface area contributed by atoms with Crippen LogP contribution < -0.4 is 5.32 Å². The number of thioether (sulfide) groups is 1. The van der Waals surface area contributed by atoms with Gasteiger partial charge in [0.25, 0.3) is 5.76 Å². The zero-order valence-electron chi connectivity index (χ0n) is 16.0. The molecule has 2 aromatic rings. The lowest BCUT2D eigenvalue weighted by atomic mass is 9.95. The first kappa shape index (κ1) is 21.3. The molecule has 4 nitrogen and oxygen atoms in total. The molecule has 0 saturated carbocycles. The number of benzene rings is 2. The van der Waals surface area contributed by atoms with Crippen LogP contribution in [0.5, 0.6) is 0 Å². The highest BCUT2D eigenvalue weighted by molar-refractivity contribution is 7.99. The van der Waals surface area contributed by atoms with Crippen molar-refractivity contribution in [3.8, 4) is 0 Å². The Bertz CT molecular complexity index is 807. The average Bonchev–Trinajstić information content (AvgIpc) is 2.74. The SMILES string of the molecule is O=C(Nc1ccc(SC(F)F)cc1)C1CCN(C(=O)CCc2ccccc2)CC1. The minimum absolute atomic E-state index is 0.0874. The molecule has 0 radical (unpaired) electrons. The van der Waals surface area contributed by atoms with Gasteiger partial charge in [-0.3, -0.25) is 9.59 Å². The molecule has 1 fully saturated rings. The number of anilines is 1. The Balaban J connectivity index is 1.42. The maximum atomic E-state index is 12.5. The summed E-state index contributed by atoms with van der Waals surface area (Å²) in [7, 11) is 0. The summed E-state index contributed by atoms with van der Waals surface area (Å²) < 4.78 is 24.7. The first-order valence-corrected chi connectivity index (χ1v) is 10.6. The van der Waals surface area contributed by atoms with E-state index in [4.69, 9.17) is 0 Å². The summed E-state index contributed by atoms with van der Waals surface area (Å²) in [5.74, 6) is -2.57. The van der Waals surface area contributed by atoms with E-state index in [1.807, 2.05) is 35.2 Å². The molecule has 154 valence electrons. The second kappa shape index (κ2) is 10.4. The van der Waals surface area contributed by atoms with Crippen LogP contribution in [-0.4, -0.2) is 35.6 Å². The summed E-state index contributed by atoms with van der Waals surface area (Å²) in [5.41, 5.74) is 1.74. The number of halogens is 2. The summed E-state index contributed by atoms with van der Waals surface area (Å²) in [6.07, 6.45) is 2.45. The van der Waals surface area contributed by atoms with E-state index in [0.29, 0.717) is 54.7 Å². The van der Waals surface area contributed by atoms with Gasteiger partial charge < -0.3 is 10.2 Å². The van der Waals surface area contributed by atoms with E-state index < -0.39 is 5.76 Å². The van der Waals surface area contributed by atoms with Gasteiger partial charge in [0.15, 0.2) is 0 Å². The number of likely N-dealkylation sites (tertiary alicyclic amines) is 1. The number of piperidine rings is 1. The molecule has 0 unspecified atom stereocenters. The second-order valence-corrected chi connectivity index (χ2v) is 8.10. The third kappa shape index (κ3) is 6.56. The van der Waals surface area contributed by atoms with Gasteiger partial charge >= 0.3 is 0 Å². The van der Waals surface area contributed by atoms with Crippen LogP contribution in [0.3, 0.4) is 0 Å². The fourth-order valence-corrected chi connectivity index (χ4v) is 3.91. The van der Waals surface area contributed by atoms with E-state index in [1.165, 1.54) is 0 Å². The molecule has 1 aliphatic heterocycles. The molecule has 0 atom stereocenters. The number of carbonyl (C=O) groups excluding carboxylic acids is 2. The number of amides is 2. The van der Waals surface area contributed by atoms with Crippen LogP contribution in [-0.2, 0) is 16.0 Å². The quantitative estimate of drug-likeness (QED) is 0.657. The van der Waals surface area contributed by atoms with Crippen LogP contribution in [0.2, 0.25) is 0 Å². The van der Waals surface area contributed by atoms with E-state index in [1.54, 1.807) is 24.3 Å². The average molecular weight is 419 g/mol. The largest absolute Gasteiger partial charge is 0.343 e. The Labute approximate surface area is 173 Å². The summed E-state index contributed by atoms with van der Waals surface area (Å²) in [6.45, 7) is 1.16. The molecule has 0 bridgehead atoms. The van der Waals surface area contributed by atoms with Crippen molar-refractivity contribution in [2.24, 2.45) is 5.92 Å². The van der Waals surface area contributed by atoms with Gasteiger partial charge in [0.05, 0.1) is 0 Å². The molecule has 29 heavy (non-hydrogen) atoms.